The van der Waals surface area contributed by atoms with Crippen LogP contribution < -0.4 is 24.4 Å². The highest BCUT2D eigenvalue weighted by molar-refractivity contribution is 5.65. The van der Waals surface area contributed by atoms with Crippen molar-refractivity contribution >= 4 is 5.70 Å². The Morgan fingerprint density at radius 1 is 1.00 bits per heavy atom. The van der Waals surface area contributed by atoms with E-state index in [1.807, 2.05) is 56.3 Å². The van der Waals surface area contributed by atoms with E-state index < -0.39 is 6.23 Å². The van der Waals surface area contributed by atoms with Gasteiger partial charge in [-0.25, -0.2) is 0 Å². The third-order valence-electron chi connectivity index (χ3n) is 5.68. The van der Waals surface area contributed by atoms with Crippen molar-refractivity contribution in [1.82, 2.24) is 10.4 Å². The minimum absolute atomic E-state index is 0.0716. The van der Waals surface area contributed by atoms with Gasteiger partial charge < -0.3 is 28.8 Å². The Hall–Kier alpha value is -3.58. The summed E-state index contributed by atoms with van der Waals surface area (Å²) in [5.74, 6) is 4.42. The van der Waals surface area contributed by atoms with Crippen LogP contribution in [0.5, 0.6) is 23.0 Å². The van der Waals surface area contributed by atoms with Crippen LogP contribution in [0.3, 0.4) is 0 Å². The SMILES string of the molecule is CCOc1cccc2c1OC(c1ccc(OC)c(OC)c1)N1NC(c3ccc(C)o3)=CC21. The monoisotopic (exact) mass is 434 g/mol. The van der Waals surface area contributed by atoms with E-state index in [1.165, 1.54) is 0 Å². The molecule has 166 valence electrons. The van der Waals surface area contributed by atoms with Crippen molar-refractivity contribution in [2.24, 2.45) is 0 Å². The van der Waals surface area contributed by atoms with Gasteiger partial charge in [-0.1, -0.05) is 12.1 Å². The second kappa shape index (κ2) is 8.16. The van der Waals surface area contributed by atoms with E-state index >= 15 is 0 Å². The molecule has 7 nitrogen and oxygen atoms in total. The van der Waals surface area contributed by atoms with Crippen LogP contribution in [-0.4, -0.2) is 25.8 Å². The Morgan fingerprint density at radius 2 is 1.84 bits per heavy atom. The van der Waals surface area contributed by atoms with Gasteiger partial charge in [0, 0.05) is 11.1 Å². The van der Waals surface area contributed by atoms with E-state index in [1.54, 1.807) is 14.2 Å². The highest BCUT2D eigenvalue weighted by Crippen LogP contribution is 2.50. The number of para-hydroxylation sites is 1. The average Bonchev–Trinajstić information content (AvgIpc) is 3.45. The van der Waals surface area contributed by atoms with Crippen molar-refractivity contribution in [3.05, 3.63) is 77.3 Å². The Labute approximate surface area is 187 Å². The molecule has 3 aromatic rings. The van der Waals surface area contributed by atoms with Crippen molar-refractivity contribution in [1.29, 1.82) is 0 Å². The second-order valence-electron chi connectivity index (χ2n) is 7.65. The molecule has 7 heteroatoms. The molecule has 0 spiro atoms. The second-order valence-corrected chi connectivity index (χ2v) is 7.65. The molecule has 2 aliphatic heterocycles. The predicted molar refractivity (Wildman–Crippen MR) is 120 cm³/mol. The van der Waals surface area contributed by atoms with Crippen molar-refractivity contribution in [2.45, 2.75) is 26.1 Å². The van der Waals surface area contributed by atoms with Crippen LogP contribution >= 0.6 is 0 Å². The zero-order chi connectivity index (χ0) is 22.2. The van der Waals surface area contributed by atoms with Gasteiger partial charge in [0.1, 0.15) is 5.76 Å². The number of methoxy groups -OCH3 is 2. The minimum atomic E-state index is -0.432. The van der Waals surface area contributed by atoms with Crippen LogP contribution in [0.25, 0.3) is 5.70 Å². The lowest BCUT2D eigenvalue weighted by atomic mass is 10.0. The van der Waals surface area contributed by atoms with Crippen LogP contribution in [0, 0.1) is 6.92 Å². The van der Waals surface area contributed by atoms with Gasteiger partial charge in [0.05, 0.1) is 32.6 Å². The molecule has 32 heavy (non-hydrogen) atoms. The summed E-state index contributed by atoms with van der Waals surface area (Å²) in [5.41, 5.74) is 6.33. The fourth-order valence-corrected chi connectivity index (χ4v) is 4.21. The molecule has 0 amide bonds. The Kier molecular flexibility index (Phi) is 5.19. The van der Waals surface area contributed by atoms with Crippen LogP contribution in [0.4, 0.5) is 0 Å². The Bertz CT molecular complexity index is 1170. The summed E-state index contributed by atoms with van der Waals surface area (Å²) < 4.78 is 29.3. The maximum Gasteiger partial charge on any atom is 0.196 e. The number of benzene rings is 2. The van der Waals surface area contributed by atoms with Gasteiger partial charge in [0.15, 0.2) is 35.0 Å². The number of hydrogen-bond acceptors (Lipinski definition) is 7. The van der Waals surface area contributed by atoms with Crippen molar-refractivity contribution in [3.8, 4) is 23.0 Å². The molecule has 0 fully saturated rings. The number of ether oxygens (including phenoxy) is 4. The highest BCUT2D eigenvalue weighted by Gasteiger charge is 2.42. The largest absolute Gasteiger partial charge is 0.493 e. The molecule has 0 saturated carbocycles. The van der Waals surface area contributed by atoms with Crippen molar-refractivity contribution in [2.75, 3.05) is 20.8 Å². The van der Waals surface area contributed by atoms with Gasteiger partial charge in [-0.05, 0) is 56.3 Å². The Balaban J connectivity index is 1.61. The summed E-state index contributed by atoms with van der Waals surface area (Å²) in [5, 5.41) is 2.08. The number of hydrogen-bond donors (Lipinski definition) is 1. The maximum absolute atomic E-state index is 6.56. The normalized spacial score (nSPS) is 19.3. The zero-order valence-electron chi connectivity index (χ0n) is 18.5. The third kappa shape index (κ3) is 3.35. The average molecular weight is 434 g/mol. The van der Waals surface area contributed by atoms with E-state index in [0.29, 0.717) is 18.1 Å². The summed E-state index contributed by atoms with van der Waals surface area (Å²) in [7, 11) is 3.25. The summed E-state index contributed by atoms with van der Waals surface area (Å²) in [4.78, 5) is 0. The topological polar surface area (TPSA) is 65.3 Å². The lowest BCUT2D eigenvalue weighted by Gasteiger charge is -2.39. The van der Waals surface area contributed by atoms with E-state index in [2.05, 4.69) is 22.6 Å². The van der Waals surface area contributed by atoms with Crippen LogP contribution in [0.15, 0.2) is 59.0 Å². The number of rotatable bonds is 6. The summed E-state index contributed by atoms with van der Waals surface area (Å²) in [6, 6.07) is 15.6. The van der Waals surface area contributed by atoms with Crippen LogP contribution in [0.2, 0.25) is 0 Å². The summed E-state index contributed by atoms with van der Waals surface area (Å²) >= 11 is 0. The van der Waals surface area contributed by atoms with Gasteiger partial charge in [-0.3, -0.25) is 0 Å². The lowest BCUT2D eigenvalue weighted by Crippen LogP contribution is -2.43. The number of nitrogens with zero attached hydrogens (tertiary/aromatic N) is 1. The number of aryl methyl sites for hydroxylation is 1. The molecule has 0 bridgehead atoms. The molecular formula is C25H26N2O5. The van der Waals surface area contributed by atoms with E-state index in [0.717, 1.165) is 39.8 Å². The van der Waals surface area contributed by atoms with Gasteiger partial charge >= 0.3 is 0 Å². The minimum Gasteiger partial charge on any atom is -0.493 e. The van der Waals surface area contributed by atoms with Crippen LogP contribution in [0.1, 0.15) is 41.8 Å². The first-order chi connectivity index (χ1) is 15.6. The molecule has 1 aromatic heterocycles. The van der Waals surface area contributed by atoms with Gasteiger partial charge in [0.2, 0.25) is 0 Å². The molecule has 2 aliphatic rings. The predicted octanol–water partition coefficient (Wildman–Crippen LogP) is 5.00. The van der Waals surface area contributed by atoms with Gasteiger partial charge in [-0.15, -0.1) is 0 Å². The fourth-order valence-electron chi connectivity index (χ4n) is 4.21. The summed E-state index contributed by atoms with van der Waals surface area (Å²) in [6.07, 6.45) is 1.72. The van der Waals surface area contributed by atoms with Gasteiger partial charge in [0.25, 0.3) is 0 Å². The van der Waals surface area contributed by atoms with Crippen molar-refractivity contribution in [3.63, 3.8) is 0 Å². The smallest absolute Gasteiger partial charge is 0.196 e. The molecule has 3 heterocycles. The molecule has 1 N–H and O–H groups in total. The molecule has 0 radical (unpaired) electrons. The standard InChI is InChI=1S/C25H26N2O5/c1-5-30-22-8-6-7-17-19-14-18(20-11-9-15(2)31-20)26-27(19)25(32-24(17)22)16-10-12-21(28-3)23(13-16)29-4/h6-14,19,25-26H,5H2,1-4H3. The lowest BCUT2D eigenvalue weighted by molar-refractivity contribution is -0.0348. The third-order valence-corrected chi connectivity index (χ3v) is 5.68. The first-order valence-electron chi connectivity index (χ1n) is 10.6. The molecule has 0 aliphatic carbocycles. The molecule has 5 rings (SSSR count). The van der Waals surface area contributed by atoms with Crippen molar-refractivity contribution < 1.29 is 23.4 Å². The van der Waals surface area contributed by atoms with E-state index in [-0.39, 0.29) is 6.04 Å². The van der Waals surface area contributed by atoms with E-state index in [4.69, 9.17) is 23.4 Å². The fraction of sp³-hybridized carbons (Fsp3) is 0.280. The number of nitrogens with one attached hydrogen (secondary N) is 1. The number of fused-ring (bicyclic) bond motifs is 3. The maximum atomic E-state index is 6.56. The highest BCUT2D eigenvalue weighted by atomic mass is 16.5. The number of hydrazine groups is 1. The molecular weight excluding hydrogens is 408 g/mol. The van der Waals surface area contributed by atoms with Gasteiger partial charge in [-0.2, -0.15) is 5.01 Å². The van der Waals surface area contributed by atoms with E-state index in [9.17, 15) is 0 Å². The summed E-state index contributed by atoms with van der Waals surface area (Å²) in [6.45, 7) is 4.46. The first kappa shape index (κ1) is 20.3. The molecule has 0 saturated heterocycles. The molecule has 2 aromatic carbocycles. The van der Waals surface area contributed by atoms with Crippen LogP contribution in [-0.2, 0) is 0 Å². The quantitative estimate of drug-likeness (QED) is 0.586. The number of furan rings is 1. The first-order valence-corrected chi connectivity index (χ1v) is 10.6. The zero-order valence-corrected chi connectivity index (χ0v) is 18.5. The molecule has 2 unspecified atom stereocenters. The Morgan fingerprint density at radius 3 is 2.56 bits per heavy atom. The molecule has 2 atom stereocenters.